The lowest BCUT2D eigenvalue weighted by molar-refractivity contribution is -0.119. The number of carbonyl (C=O) groups is 1. The summed E-state index contributed by atoms with van der Waals surface area (Å²) in [5.74, 6) is 1.09. The fourth-order valence-electron chi connectivity index (χ4n) is 3.29. The van der Waals surface area contributed by atoms with Gasteiger partial charge in [-0.25, -0.2) is 0 Å². The highest BCUT2D eigenvalue weighted by Crippen LogP contribution is 2.30. The van der Waals surface area contributed by atoms with Gasteiger partial charge in [0.05, 0.1) is 10.6 Å². The number of rotatable bonds is 9. The Morgan fingerprint density at radius 1 is 1.03 bits per heavy atom. The molecule has 0 saturated heterocycles. The SMILES string of the molecule is CC(CCc1ccccc1)NC(=O)CSc1nnc(-c2cccs2)n1-c1ccccc1. The number of aryl methyl sites for hydroxylation is 1. The van der Waals surface area contributed by atoms with Gasteiger partial charge in [0.1, 0.15) is 0 Å². The number of hydrogen-bond donors (Lipinski definition) is 1. The zero-order valence-electron chi connectivity index (χ0n) is 17.3. The van der Waals surface area contributed by atoms with Gasteiger partial charge in [-0.2, -0.15) is 0 Å². The Bertz CT molecular complexity index is 1100. The number of amides is 1. The third-order valence-electron chi connectivity index (χ3n) is 4.84. The lowest BCUT2D eigenvalue weighted by Gasteiger charge is -2.14. The third kappa shape index (κ3) is 5.62. The Hall–Kier alpha value is -2.90. The molecule has 1 N–H and O–H groups in total. The Balaban J connectivity index is 1.39. The Morgan fingerprint density at radius 3 is 2.48 bits per heavy atom. The molecule has 4 aromatic rings. The first-order valence-electron chi connectivity index (χ1n) is 10.2. The molecule has 0 bridgehead atoms. The van der Waals surface area contributed by atoms with Crippen molar-refractivity contribution in [3.63, 3.8) is 0 Å². The van der Waals surface area contributed by atoms with Crippen LogP contribution in [0.1, 0.15) is 18.9 Å². The number of hydrogen-bond acceptors (Lipinski definition) is 5. The molecule has 1 amide bonds. The van der Waals surface area contributed by atoms with Crippen LogP contribution in [0, 0.1) is 0 Å². The van der Waals surface area contributed by atoms with Crippen LogP contribution in [0.25, 0.3) is 16.4 Å². The van der Waals surface area contributed by atoms with Crippen LogP contribution in [0.15, 0.2) is 83.3 Å². The van der Waals surface area contributed by atoms with Crippen molar-refractivity contribution < 1.29 is 4.79 Å². The maximum atomic E-state index is 12.5. The molecule has 4 rings (SSSR count). The average Bonchev–Trinajstić information content (AvgIpc) is 3.47. The van der Waals surface area contributed by atoms with Gasteiger partial charge >= 0.3 is 0 Å². The molecule has 5 nitrogen and oxygen atoms in total. The van der Waals surface area contributed by atoms with Gasteiger partial charge in [0.25, 0.3) is 0 Å². The Labute approximate surface area is 190 Å². The van der Waals surface area contributed by atoms with E-state index in [0.29, 0.717) is 10.9 Å². The van der Waals surface area contributed by atoms with Gasteiger partial charge in [0, 0.05) is 11.7 Å². The van der Waals surface area contributed by atoms with Crippen LogP contribution in [0.2, 0.25) is 0 Å². The van der Waals surface area contributed by atoms with Crippen LogP contribution in [-0.4, -0.2) is 32.5 Å². The summed E-state index contributed by atoms with van der Waals surface area (Å²) < 4.78 is 2.02. The smallest absolute Gasteiger partial charge is 0.230 e. The summed E-state index contributed by atoms with van der Waals surface area (Å²) in [5.41, 5.74) is 2.27. The molecule has 158 valence electrons. The molecule has 2 aromatic carbocycles. The van der Waals surface area contributed by atoms with E-state index >= 15 is 0 Å². The van der Waals surface area contributed by atoms with Crippen molar-refractivity contribution in [3.05, 3.63) is 83.7 Å². The molecule has 0 aliphatic heterocycles. The fraction of sp³-hybridized carbons (Fsp3) is 0.208. The quantitative estimate of drug-likeness (QED) is 0.356. The highest BCUT2D eigenvalue weighted by Gasteiger charge is 2.18. The first-order chi connectivity index (χ1) is 15.2. The summed E-state index contributed by atoms with van der Waals surface area (Å²) in [7, 11) is 0. The maximum absolute atomic E-state index is 12.5. The van der Waals surface area contributed by atoms with E-state index in [2.05, 4.69) is 27.6 Å². The van der Waals surface area contributed by atoms with E-state index in [1.165, 1.54) is 17.3 Å². The van der Waals surface area contributed by atoms with Gasteiger partial charge in [-0.15, -0.1) is 21.5 Å². The van der Waals surface area contributed by atoms with E-state index in [9.17, 15) is 4.79 Å². The third-order valence-corrected chi connectivity index (χ3v) is 6.63. The van der Waals surface area contributed by atoms with Gasteiger partial charge in [-0.05, 0) is 48.9 Å². The number of nitrogens with zero attached hydrogens (tertiary/aromatic N) is 3. The van der Waals surface area contributed by atoms with Gasteiger partial charge in [0.2, 0.25) is 5.91 Å². The molecule has 0 radical (unpaired) electrons. The van der Waals surface area contributed by atoms with Crippen LogP contribution in [0.5, 0.6) is 0 Å². The summed E-state index contributed by atoms with van der Waals surface area (Å²) in [6.45, 7) is 2.05. The second-order valence-electron chi connectivity index (χ2n) is 7.24. The number of para-hydroxylation sites is 1. The normalized spacial score (nSPS) is 11.9. The van der Waals surface area contributed by atoms with Crippen LogP contribution < -0.4 is 5.32 Å². The van der Waals surface area contributed by atoms with E-state index in [1.54, 1.807) is 11.3 Å². The van der Waals surface area contributed by atoms with Gasteiger partial charge in [0.15, 0.2) is 11.0 Å². The summed E-state index contributed by atoms with van der Waals surface area (Å²) in [6, 6.07) is 24.5. The molecule has 0 aliphatic rings. The van der Waals surface area contributed by atoms with Gasteiger partial charge in [-0.3, -0.25) is 9.36 Å². The van der Waals surface area contributed by atoms with Crippen molar-refractivity contribution in [1.82, 2.24) is 20.1 Å². The molecule has 1 unspecified atom stereocenters. The minimum atomic E-state index is 0.00541. The maximum Gasteiger partial charge on any atom is 0.230 e. The zero-order valence-corrected chi connectivity index (χ0v) is 18.9. The first kappa shape index (κ1) is 21.3. The van der Waals surface area contributed by atoms with Crippen LogP contribution in [0.4, 0.5) is 0 Å². The van der Waals surface area contributed by atoms with E-state index < -0.39 is 0 Å². The molecular formula is C24H24N4OS2. The Kier molecular flexibility index (Phi) is 7.17. The molecular weight excluding hydrogens is 424 g/mol. The zero-order chi connectivity index (χ0) is 21.5. The molecule has 31 heavy (non-hydrogen) atoms. The lowest BCUT2D eigenvalue weighted by atomic mass is 10.1. The van der Waals surface area contributed by atoms with E-state index in [0.717, 1.165) is 29.2 Å². The number of benzene rings is 2. The minimum Gasteiger partial charge on any atom is -0.353 e. The van der Waals surface area contributed by atoms with Crippen molar-refractivity contribution in [2.45, 2.75) is 31.0 Å². The predicted octanol–water partition coefficient (Wildman–Crippen LogP) is 5.23. The molecule has 2 aromatic heterocycles. The molecule has 7 heteroatoms. The number of nitrogens with one attached hydrogen (secondary N) is 1. The van der Waals surface area contributed by atoms with Crippen molar-refractivity contribution >= 4 is 29.0 Å². The molecule has 2 heterocycles. The second kappa shape index (κ2) is 10.4. The fourth-order valence-corrected chi connectivity index (χ4v) is 4.75. The highest BCUT2D eigenvalue weighted by molar-refractivity contribution is 7.99. The summed E-state index contributed by atoms with van der Waals surface area (Å²) in [6.07, 6.45) is 1.85. The van der Waals surface area contributed by atoms with Crippen molar-refractivity contribution in [2.75, 3.05) is 5.75 Å². The number of carbonyl (C=O) groups excluding carboxylic acids is 1. The largest absolute Gasteiger partial charge is 0.353 e. The molecule has 0 saturated carbocycles. The molecule has 0 spiro atoms. The van der Waals surface area contributed by atoms with Crippen LogP contribution in [-0.2, 0) is 11.2 Å². The topological polar surface area (TPSA) is 59.8 Å². The summed E-state index contributed by atoms with van der Waals surface area (Å²) >= 11 is 3.03. The van der Waals surface area contributed by atoms with Gasteiger partial charge < -0.3 is 5.32 Å². The lowest BCUT2D eigenvalue weighted by Crippen LogP contribution is -2.34. The number of thioether (sulfide) groups is 1. The highest BCUT2D eigenvalue weighted by atomic mass is 32.2. The van der Waals surface area contributed by atoms with E-state index in [4.69, 9.17) is 0 Å². The standard InChI is InChI=1S/C24H24N4OS2/c1-18(14-15-19-9-4-2-5-10-19)25-22(29)17-31-24-27-26-23(21-13-8-16-30-21)28(24)20-11-6-3-7-12-20/h2-13,16,18H,14-15,17H2,1H3,(H,25,29). The van der Waals surface area contributed by atoms with Crippen molar-refractivity contribution in [1.29, 1.82) is 0 Å². The Morgan fingerprint density at radius 2 is 1.77 bits per heavy atom. The van der Waals surface area contributed by atoms with Gasteiger partial charge in [-0.1, -0.05) is 66.4 Å². The summed E-state index contributed by atoms with van der Waals surface area (Å²) in [4.78, 5) is 13.6. The second-order valence-corrected chi connectivity index (χ2v) is 9.13. The molecule has 0 fully saturated rings. The first-order valence-corrected chi connectivity index (χ1v) is 12.1. The number of aromatic nitrogens is 3. The molecule has 0 aliphatic carbocycles. The van der Waals surface area contributed by atoms with E-state index in [1.807, 2.05) is 77.5 Å². The molecule has 1 atom stereocenters. The van der Waals surface area contributed by atoms with Crippen molar-refractivity contribution in [2.24, 2.45) is 0 Å². The summed E-state index contributed by atoms with van der Waals surface area (Å²) in [5, 5.41) is 14.6. The minimum absolute atomic E-state index is 0.00541. The van der Waals surface area contributed by atoms with Crippen LogP contribution in [0.3, 0.4) is 0 Å². The van der Waals surface area contributed by atoms with Crippen molar-refractivity contribution in [3.8, 4) is 16.4 Å². The average molecular weight is 449 g/mol. The monoisotopic (exact) mass is 448 g/mol. The number of thiophene rings is 1. The van der Waals surface area contributed by atoms with E-state index in [-0.39, 0.29) is 11.9 Å². The predicted molar refractivity (Wildman–Crippen MR) is 128 cm³/mol. The van der Waals surface area contributed by atoms with Crippen LogP contribution >= 0.6 is 23.1 Å².